The van der Waals surface area contributed by atoms with E-state index in [9.17, 15) is 0 Å². The lowest BCUT2D eigenvalue weighted by atomic mass is 9.96. The first kappa shape index (κ1) is 11.3. The maximum Gasteiger partial charge on any atom is 0.111 e. The third-order valence-electron chi connectivity index (χ3n) is 1.42. The predicted molar refractivity (Wildman–Crippen MR) is 54.0 cm³/mol. The summed E-state index contributed by atoms with van der Waals surface area (Å²) in [5.41, 5.74) is 0.302. The molecule has 3 heteroatoms. The molecule has 0 bridgehead atoms. The van der Waals surface area contributed by atoms with Crippen molar-refractivity contribution in [3.8, 4) is 0 Å². The highest BCUT2D eigenvalue weighted by Crippen LogP contribution is 2.14. The van der Waals surface area contributed by atoms with Gasteiger partial charge in [0.05, 0.1) is 0 Å². The third kappa shape index (κ3) is 6.01. The summed E-state index contributed by atoms with van der Waals surface area (Å²) in [5, 5.41) is 3.54. The van der Waals surface area contributed by atoms with Crippen molar-refractivity contribution in [2.24, 2.45) is 16.4 Å². The number of hydrazone groups is 1. The van der Waals surface area contributed by atoms with Gasteiger partial charge in [0.25, 0.3) is 0 Å². The van der Waals surface area contributed by atoms with Crippen LogP contribution in [0.15, 0.2) is 5.10 Å². The van der Waals surface area contributed by atoms with Gasteiger partial charge in [0.2, 0.25) is 0 Å². The highest BCUT2D eigenvalue weighted by atomic mass is 15.2. The zero-order valence-electron chi connectivity index (χ0n) is 8.67. The van der Waals surface area contributed by atoms with Gasteiger partial charge in [-0.2, -0.15) is 5.10 Å². The molecule has 0 atom stereocenters. The summed E-state index contributed by atoms with van der Waals surface area (Å²) in [4.78, 5) is 2.15. The molecule has 0 aliphatic rings. The minimum Gasteiger partial charge on any atom is -0.361 e. The molecule has 0 radical (unpaired) electrons. The minimum absolute atomic E-state index is 0.302. The fourth-order valence-corrected chi connectivity index (χ4v) is 1.17. The number of hydrogen-bond donors (Lipinski definition) is 1. The Morgan fingerprint density at radius 1 is 1.42 bits per heavy atom. The molecule has 0 aromatic carbocycles. The minimum atomic E-state index is 0.302. The topological polar surface area (TPSA) is 41.6 Å². The molecule has 0 aromatic heterocycles. The average molecular weight is 171 g/mol. The van der Waals surface area contributed by atoms with E-state index in [1.807, 2.05) is 0 Å². The van der Waals surface area contributed by atoms with E-state index < -0.39 is 0 Å². The van der Waals surface area contributed by atoms with Crippen LogP contribution in [0.25, 0.3) is 0 Å². The standard InChI is InChI=1S/C9H21N3/c1-5-6-12(8-11-10)7-9(2,3)4/h8H,5-7,10H2,1-4H3/b11-8-. The highest BCUT2D eigenvalue weighted by Gasteiger charge is 2.13. The van der Waals surface area contributed by atoms with Gasteiger partial charge in [0.15, 0.2) is 0 Å². The molecule has 0 spiro atoms. The zero-order chi connectivity index (χ0) is 9.61. The van der Waals surface area contributed by atoms with Crippen molar-refractivity contribution in [2.75, 3.05) is 13.1 Å². The van der Waals surface area contributed by atoms with E-state index in [1.165, 1.54) is 0 Å². The van der Waals surface area contributed by atoms with Crippen LogP contribution in [-0.2, 0) is 0 Å². The van der Waals surface area contributed by atoms with Crippen LogP contribution in [0.4, 0.5) is 0 Å². The average Bonchev–Trinajstić information content (AvgIpc) is 1.84. The Morgan fingerprint density at radius 2 is 2.00 bits per heavy atom. The summed E-state index contributed by atoms with van der Waals surface area (Å²) in [7, 11) is 0. The summed E-state index contributed by atoms with van der Waals surface area (Å²) < 4.78 is 0. The molecule has 0 rings (SSSR count). The van der Waals surface area contributed by atoms with Crippen molar-refractivity contribution in [1.82, 2.24) is 4.90 Å². The molecule has 72 valence electrons. The lowest BCUT2D eigenvalue weighted by Crippen LogP contribution is -2.32. The van der Waals surface area contributed by atoms with Crippen molar-refractivity contribution in [1.29, 1.82) is 0 Å². The number of hydrogen-bond acceptors (Lipinski definition) is 2. The number of rotatable bonds is 4. The van der Waals surface area contributed by atoms with E-state index in [0.29, 0.717) is 5.41 Å². The molecule has 0 saturated carbocycles. The monoisotopic (exact) mass is 171 g/mol. The van der Waals surface area contributed by atoms with E-state index in [-0.39, 0.29) is 0 Å². The fraction of sp³-hybridized carbons (Fsp3) is 0.889. The first-order chi connectivity index (χ1) is 5.49. The van der Waals surface area contributed by atoms with Crippen molar-refractivity contribution < 1.29 is 0 Å². The number of nitrogens with zero attached hydrogens (tertiary/aromatic N) is 2. The van der Waals surface area contributed by atoms with Gasteiger partial charge < -0.3 is 10.7 Å². The first-order valence-electron chi connectivity index (χ1n) is 4.47. The Kier molecular flexibility index (Phi) is 4.71. The second-order valence-electron chi connectivity index (χ2n) is 4.30. The lowest BCUT2D eigenvalue weighted by molar-refractivity contribution is 0.280. The van der Waals surface area contributed by atoms with Crippen LogP contribution >= 0.6 is 0 Å². The van der Waals surface area contributed by atoms with Gasteiger partial charge >= 0.3 is 0 Å². The molecule has 0 fully saturated rings. The van der Waals surface area contributed by atoms with Gasteiger partial charge in [-0.15, -0.1) is 0 Å². The maximum absolute atomic E-state index is 5.11. The van der Waals surface area contributed by atoms with Crippen molar-refractivity contribution in [2.45, 2.75) is 34.1 Å². The van der Waals surface area contributed by atoms with Gasteiger partial charge in [-0.25, -0.2) is 0 Å². The second kappa shape index (κ2) is 5.01. The molecule has 0 heterocycles. The van der Waals surface area contributed by atoms with Gasteiger partial charge in [0.1, 0.15) is 6.34 Å². The van der Waals surface area contributed by atoms with Crippen molar-refractivity contribution >= 4 is 6.34 Å². The summed E-state index contributed by atoms with van der Waals surface area (Å²) in [5.74, 6) is 5.11. The smallest absolute Gasteiger partial charge is 0.111 e. The van der Waals surface area contributed by atoms with Crippen LogP contribution in [0.1, 0.15) is 34.1 Å². The van der Waals surface area contributed by atoms with E-state index in [0.717, 1.165) is 19.5 Å². The second-order valence-corrected chi connectivity index (χ2v) is 4.30. The molecular weight excluding hydrogens is 150 g/mol. The summed E-state index contributed by atoms with van der Waals surface area (Å²) in [6.45, 7) is 10.8. The maximum atomic E-state index is 5.11. The molecule has 3 nitrogen and oxygen atoms in total. The molecule has 0 aliphatic carbocycles. The first-order valence-corrected chi connectivity index (χ1v) is 4.47. The summed E-state index contributed by atoms with van der Waals surface area (Å²) >= 11 is 0. The molecule has 0 aromatic rings. The van der Waals surface area contributed by atoms with Gasteiger partial charge in [-0.1, -0.05) is 27.7 Å². The third-order valence-corrected chi connectivity index (χ3v) is 1.42. The van der Waals surface area contributed by atoms with Crippen LogP contribution in [0.5, 0.6) is 0 Å². The quantitative estimate of drug-likeness (QED) is 0.302. The Bertz CT molecular complexity index is 135. The molecule has 2 N–H and O–H groups in total. The van der Waals surface area contributed by atoms with Crippen molar-refractivity contribution in [3.05, 3.63) is 0 Å². The van der Waals surface area contributed by atoms with Gasteiger partial charge in [0, 0.05) is 13.1 Å². The van der Waals surface area contributed by atoms with E-state index >= 15 is 0 Å². The van der Waals surface area contributed by atoms with Crippen LogP contribution < -0.4 is 5.84 Å². The Labute approximate surface area is 75.6 Å². The zero-order valence-corrected chi connectivity index (χ0v) is 8.67. The van der Waals surface area contributed by atoms with E-state index in [2.05, 4.69) is 37.7 Å². The van der Waals surface area contributed by atoms with Crippen LogP contribution in [0.2, 0.25) is 0 Å². The molecule has 0 saturated heterocycles. The predicted octanol–water partition coefficient (Wildman–Crippen LogP) is 1.65. The number of nitrogens with two attached hydrogens (primary N) is 1. The lowest BCUT2D eigenvalue weighted by Gasteiger charge is -2.27. The molecule has 12 heavy (non-hydrogen) atoms. The Hall–Kier alpha value is -0.730. The molecule has 0 aliphatic heterocycles. The van der Waals surface area contributed by atoms with Crippen LogP contribution in [0, 0.1) is 5.41 Å². The fourth-order valence-electron chi connectivity index (χ4n) is 1.17. The van der Waals surface area contributed by atoms with E-state index in [4.69, 9.17) is 5.84 Å². The largest absolute Gasteiger partial charge is 0.361 e. The van der Waals surface area contributed by atoms with Crippen molar-refractivity contribution in [3.63, 3.8) is 0 Å². The molecule has 0 amide bonds. The molecular formula is C9H21N3. The van der Waals surface area contributed by atoms with Gasteiger partial charge in [-0.3, -0.25) is 0 Å². The highest BCUT2D eigenvalue weighted by molar-refractivity contribution is 5.54. The Balaban J connectivity index is 3.95. The van der Waals surface area contributed by atoms with Crippen LogP contribution in [0.3, 0.4) is 0 Å². The van der Waals surface area contributed by atoms with Gasteiger partial charge in [-0.05, 0) is 11.8 Å². The molecule has 0 unspecified atom stereocenters. The normalized spacial score (nSPS) is 12.3. The summed E-state index contributed by atoms with van der Waals surface area (Å²) in [6.07, 6.45) is 2.84. The summed E-state index contributed by atoms with van der Waals surface area (Å²) in [6, 6.07) is 0. The SMILES string of the molecule is CCCN(/C=N\N)CC(C)(C)C. The van der Waals surface area contributed by atoms with E-state index in [1.54, 1.807) is 6.34 Å². The Morgan fingerprint density at radius 3 is 2.33 bits per heavy atom. The van der Waals surface area contributed by atoms with Crippen LogP contribution in [-0.4, -0.2) is 24.3 Å².